The number of aromatic amines is 1. The number of carbonyl (C=O) groups is 1. The third kappa shape index (κ3) is 3.96. The molecule has 1 amide bonds. The van der Waals surface area contributed by atoms with Gasteiger partial charge in [-0.15, -0.1) is 0 Å². The minimum Gasteiger partial charge on any atom is -0.465 e. The van der Waals surface area contributed by atoms with Gasteiger partial charge in [-0.05, 0) is 25.1 Å². The van der Waals surface area contributed by atoms with Gasteiger partial charge < -0.3 is 19.5 Å². The highest BCUT2D eigenvalue weighted by Gasteiger charge is 2.26. The maximum Gasteiger partial charge on any atom is 0.267 e. The fourth-order valence-corrected chi connectivity index (χ4v) is 2.88. The molecule has 2 aromatic rings. The van der Waals surface area contributed by atoms with Crippen LogP contribution in [0.3, 0.4) is 0 Å². The van der Waals surface area contributed by atoms with Crippen LogP contribution in [0, 0.1) is 6.92 Å². The second kappa shape index (κ2) is 7.21. The Morgan fingerprint density at radius 2 is 2.22 bits per heavy atom. The monoisotopic (exact) mass is 337 g/mol. The Labute approximate surface area is 139 Å². The minimum atomic E-state index is -0.182. The molecule has 0 aliphatic carbocycles. The van der Waals surface area contributed by atoms with Crippen molar-refractivity contribution in [1.82, 2.24) is 15.2 Å². The number of halogens is 1. The predicted octanol–water partition coefficient (Wildman–Crippen LogP) is 2.37. The van der Waals surface area contributed by atoms with Gasteiger partial charge in [-0.25, -0.2) is 0 Å². The van der Waals surface area contributed by atoms with Crippen LogP contribution in [0.1, 0.15) is 28.1 Å². The van der Waals surface area contributed by atoms with Crippen LogP contribution in [0.15, 0.2) is 28.8 Å². The zero-order valence-electron chi connectivity index (χ0n) is 13.0. The lowest BCUT2D eigenvalue weighted by molar-refractivity contribution is 0.0117. The van der Waals surface area contributed by atoms with Crippen LogP contribution in [0.4, 0.5) is 0 Å². The SMILES string of the molecule is Cc1ccc([C@@H](CNC(=O)c2cc(Cl)c[nH]2)N2CCOCC2)o1. The van der Waals surface area contributed by atoms with E-state index in [0.29, 0.717) is 30.5 Å². The van der Waals surface area contributed by atoms with Crippen molar-refractivity contribution >= 4 is 17.5 Å². The van der Waals surface area contributed by atoms with E-state index < -0.39 is 0 Å². The summed E-state index contributed by atoms with van der Waals surface area (Å²) in [6, 6.07) is 5.50. The lowest BCUT2D eigenvalue weighted by atomic mass is 10.1. The van der Waals surface area contributed by atoms with E-state index in [4.69, 9.17) is 20.8 Å². The fourth-order valence-electron chi connectivity index (χ4n) is 2.71. The molecule has 0 spiro atoms. The van der Waals surface area contributed by atoms with E-state index in [0.717, 1.165) is 24.6 Å². The van der Waals surface area contributed by atoms with Crippen molar-refractivity contribution in [3.05, 3.63) is 46.6 Å². The largest absolute Gasteiger partial charge is 0.465 e. The van der Waals surface area contributed by atoms with E-state index in [1.54, 1.807) is 12.3 Å². The van der Waals surface area contributed by atoms with E-state index in [-0.39, 0.29) is 11.9 Å². The third-order valence-corrected chi connectivity index (χ3v) is 4.14. The number of nitrogens with one attached hydrogen (secondary N) is 2. The molecular weight excluding hydrogens is 318 g/mol. The molecule has 0 unspecified atom stereocenters. The lowest BCUT2D eigenvalue weighted by Gasteiger charge is -2.33. The zero-order valence-corrected chi connectivity index (χ0v) is 13.7. The molecule has 1 aliphatic heterocycles. The van der Waals surface area contributed by atoms with E-state index in [9.17, 15) is 4.79 Å². The molecular formula is C16H20ClN3O3. The molecule has 0 saturated carbocycles. The zero-order chi connectivity index (χ0) is 16.2. The molecule has 23 heavy (non-hydrogen) atoms. The Kier molecular flexibility index (Phi) is 5.05. The second-order valence-electron chi connectivity index (χ2n) is 5.55. The number of H-pyrrole nitrogens is 1. The molecule has 6 nitrogen and oxygen atoms in total. The van der Waals surface area contributed by atoms with E-state index in [1.165, 1.54) is 0 Å². The summed E-state index contributed by atoms with van der Waals surface area (Å²) >= 11 is 5.84. The van der Waals surface area contributed by atoms with Crippen LogP contribution in [0.25, 0.3) is 0 Å². The molecule has 0 bridgehead atoms. The van der Waals surface area contributed by atoms with Gasteiger partial charge >= 0.3 is 0 Å². The normalized spacial score (nSPS) is 17.1. The molecule has 1 fully saturated rings. The van der Waals surface area contributed by atoms with Gasteiger partial charge in [-0.3, -0.25) is 9.69 Å². The standard InChI is InChI=1S/C16H20ClN3O3/c1-11-2-3-15(23-11)14(20-4-6-22-7-5-20)10-19-16(21)13-8-12(17)9-18-13/h2-3,8-9,14,18H,4-7,10H2,1H3,(H,19,21)/t14-/m1/s1. The van der Waals surface area contributed by atoms with Crippen LogP contribution in [-0.4, -0.2) is 48.6 Å². The first-order chi connectivity index (χ1) is 11.1. The molecule has 3 heterocycles. The van der Waals surface area contributed by atoms with Crippen LogP contribution < -0.4 is 5.32 Å². The van der Waals surface area contributed by atoms with Gasteiger partial charge in [0.1, 0.15) is 17.2 Å². The van der Waals surface area contributed by atoms with Crippen molar-refractivity contribution in [1.29, 1.82) is 0 Å². The average molecular weight is 338 g/mol. The Bertz CT molecular complexity index is 661. The van der Waals surface area contributed by atoms with E-state index in [1.807, 2.05) is 19.1 Å². The van der Waals surface area contributed by atoms with Crippen molar-refractivity contribution in [3.8, 4) is 0 Å². The predicted molar refractivity (Wildman–Crippen MR) is 86.7 cm³/mol. The van der Waals surface area contributed by atoms with Gasteiger partial charge in [0.15, 0.2) is 0 Å². The van der Waals surface area contributed by atoms with Crippen molar-refractivity contribution in [3.63, 3.8) is 0 Å². The average Bonchev–Trinajstić information content (AvgIpc) is 3.17. The fraction of sp³-hybridized carbons (Fsp3) is 0.438. The molecule has 2 aromatic heterocycles. The van der Waals surface area contributed by atoms with Crippen molar-refractivity contribution in [2.75, 3.05) is 32.8 Å². The van der Waals surface area contributed by atoms with E-state index >= 15 is 0 Å². The first-order valence-corrected chi connectivity index (χ1v) is 8.01. The Hall–Kier alpha value is -1.76. The third-order valence-electron chi connectivity index (χ3n) is 3.92. The van der Waals surface area contributed by atoms with Crippen LogP contribution in [0.2, 0.25) is 5.02 Å². The summed E-state index contributed by atoms with van der Waals surface area (Å²) in [5, 5.41) is 3.46. The molecule has 0 radical (unpaired) electrons. The number of hydrogen-bond donors (Lipinski definition) is 2. The molecule has 124 valence electrons. The maximum atomic E-state index is 12.2. The van der Waals surface area contributed by atoms with Crippen LogP contribution in [0.5, 0.6) is 0 Å². The van der Waals surface area contributed by atoms with Gasteiger partial charge in [-0.2, -0.15) is 0 Å². The Balaban J connectivity index is 1.69. The van der Waals surface area contributed by atoms with Gasteiger partial charge in [0, 0.05) is 25.8 Å². The highest BCUT2D eigenvalue weighted by Crippen LogP contribution is 2.23. The summed E-state index contributed by atoms with van der Waals surface area (Å²) in [6.07, 6.45) is 1.59. The van der Waals surface area contributed by atoms with E-state index in [2.05, 4.69) is 15.2 Å². The highest BCUT2D eigenvalue weighted by molar-refractivity contribution is 6.30. The second-order valence-corrected chi connectivity index (χ2v) is 5.99. The number of ether oxygens (including phenoxy) is 1. The highest BCUT2D eigenvalue weighted by atomic mass is 35.5. The smallest absolute Gasteiger partial charge is 0.267 e. The first kappa shape index (κ1) is 16.1. The number of furan rings is 1. The minimum absolute atomic E-state index is 0.0121. The molecule has 3 rings (SSSR count). The molecule has 1 atom stereocenters. The van der Waals surface area contributed by atoms with Gasteiger partial charge in [-0.1, -0.05) is 11.6 Å². The van der Waals surface area contributed by atoms with Crippen molar-refractivity contribution in [2.45, 2.75) is 13.0 Å². The van der Waals surface area contributed by atoms with Crippen molar-refractivity contribution < 1.29 is 13.9 Å². The van der Waals surface area contributed by atoms with Crippen LogP contribution >= 0.6 is 11.6 Å². The summed E-state index contributed by atoms with van der Waals surface area (Å²) in [4.78, 5) is 17.3. The molecule has 7 heteroatoms. The number of amides is 1. The Morgan fingerprint density at radius 3 is 2.83 bits per heavy atom. The van der Waals surface area contributed by atoms with Gasteiger partial charge in [0.2, 0.25) is 0 Å². The lowest BCUT2D eigenvalue weighted by Crippen LogP contribution is -2.43. The Morgan fingerprint density at radius 1 is 1.43 bits per heavy atom. The first-order valence-electron chi connectivity index (χ1n) is 7.64. The number of aromatic nitrogens is 1. The molecule has 1 aliphatic rings. The summed E-state index contributed by atoms with van der Waals surface area (Å²) in [5.74, 6) is 1.54. The van der Waals surface area contributed by atoms with Crippen molar-refractivity contribution in [2.24, 2.45) is 0 Å². The number of hydrogen-bond acceptors (Lipinski definition) is 4. The van der Waals surface area contributed by atoms with Gasteiger partial charge in [0.25, 0.3) is 5.91 Å². The molecule has 0 aromatic carbocycles. The molecule has 1 saturated heterocycles. The number of morpholine rings is 1. The van der Waals surface area contributed by atoms with Gasteiger partial charge in [0.05, 0.1) is 24.3 Å². The quantitative estimate of drug-likeness (QED) is 0.878. The topological polar surface area (TPSA) is 70.5 Å². The summed E-state index contributed by atoms with van der Waals surface area (Å²) in [6.45, 7) is 5.39. The maximum absolute atomic E-state index is 12.2. The summed E-state index contributed by atoms with van der Waals surface area (Å²) in [7, 11) is 0. The number of nitrogens with zero attached hydrogens (tertiary/aromatic N) is 1. The van der Waals surface area contributed by atoms with Crippen LogP contribution in [-0.2, 0) is 4.74 Å². The number of rotatable bonds is 5. The number of carbonyl (C=O) groups excluding carboxylic acids is 1. The molecule has 2 N–H and O–H groups in total. The summed E-state index contributed by atoms with van der Waals surface area (Å²) in [5.41, 5.74) is 0.450. The summed E-state index contributed by atoms with van der Waals surface area (Å²) < 4.78 is 11.2. The number of aryl methyl sites for hydroxylation is 1.